The molecule has 0 fully saturated rings. The Bertz CT molecular complexity index is 480. The average molecular weight is 210 g/mol. The molecular formula is C16H18. The van der Waals surface area contributed by atoms with Gasteiger partial charge in [0.15, 0.2) is 0 Å². The Morgan fingerprint density at radius 1 is 1.00 bits per heavy atom. The van der Waals surface area contributed by atoms with Crippen molar-refractivity contribution in [2.45, 2.75) is 26.2 Å². The largest absolute Gasteiger partial charge is 0.0839 e. The summed E-state index contributed by atoms with van der Waals surface area (Å²) in [6, 6.07) is 15.1. The Labute approximate surface area is 97.6 Å². The van der Waals surface area contributed by atoms with Crippen LogP contribution in [0.25, 0.3) is 16.8 Å². The normalized spacial score (nSPS) is 11.3. The van der Waals surface area contributed by atoms with Gasteiger partial charge in [-0.05, 0) is 28.8 Å². The summed E-state index contributed by atoms with van der Waals surface area (Å²) in [7, 11) is 0. The fourth-order valence-corrected chi connectivity index (χ4v) is 1.85. The highest BCUT2D eigenvalue weighted by Gasteiger charge is 1.92. The molecule has 0 spiro atoms. The molecule has 0 aliphatic carbocycles. The second-order valence-electron chi connectivity index (χ2n) is 4.15. The molecule has 2 aromatic rings. The third-order valence-corrected chi connectivity index (χ3v) is 2.81. The summed E-state index contributed by atoms with van der Waals surface area (Å²) in [6.07, 6.45) is 8.23. The molecule has 0 atom stereocenters. The Kier molecular flexibility index (Phi) is 3.76. The third-order valence-electron chi connectivity index (χ3n) is 2.81. The lowest BCUT2D eigenvalue weighted by Gasteiger charge is -1.99. The molecule has 0 aliphatic rings. The second-order valence-corrected chi connectivity index (χ2v) is 4.15. The van der Waals surface area contributed by atoms with Gasteiger partial charge in [0.25, 0.3) is 0 Å². The summed E-state index contributed by atoms with van der Waals surface area (Å²) in [4.78, 5) is 0. The molecular weight excluding hydrogens is 192 g/mol. The van der Waals surface area contributed by atoms with E-state index < -0.39 is 0 Å². The van der Waals surface area contributed by atoms with Crippen LogP contribution < -0.4 is 0 Å². The fraction of sp³-hybridized carbons (Fsp3) is 0.250. The first-order valence-electron chi connectivity index (χ1n) is 6.05. The van der Waals surface area contributed by atoms with Gasteiger partial charge in [-0.15, -0.1) is 0 Å². The summed E-state index contributed by atoms with van der Waals surface area (Å²) >= 11 is 0. The van der Waals surface area contributed by atoms with E-state index >= 15 is 0 Å². The molecule has 0 N–H and O–H groups in total. The van der Waals surface area contributed by atoms with Crippen LogP contribution in [0.1, 0.15) is 31.7 Å². The number of rotatable bonds is 4. The van der Waals surface area contributed by atoms with Crippen LogP contribution >= 0.6 is 0 Å². The van der Waals surface area contributed by atoms with Crippen LogP contribution in [-0.2, 0) is 0 Å². The lowest BCUT2D eigenvalue weighted by molar-refractivity contribution is 0.816. The van der Waals surface area contributed by atoms with Gasteiger partial charge in [0, 0.05) is 0 Å². The van der Waals surface area contributed by atoms with Gasteiger partial charge >= 0.3 is 0 Å². The van der Waals surface area contributed by atoms with E-state index in [2.05, 4.69) is 61.5 Å². The fourth-order valence-electron chi connectivity index (χ4n) is 1.85. The van der Waals surface area contributed by atoms with Crippen LogP contribution in [0.5, 0.6) is 0 Å². The highest BCUT2D eigenvalue weighted by molar-refractivity contribution is 5.84. The average Bonchev–Trinajstić information content (AvgIpc) is 2.34. The molecule has 0 aliphatic heterocycles. The van der Waals surface area contributed by atoms with E-state index in [0.717, 1.165) is 0 Å². The summed E-state index contributed by atoms with van der Waals surface area (Å²) in [5.74, 6) is 0. The number of allylic oxidation sites excluding steroid dienone is 1. The standard InChI is InChI=1S/C16H18/c1-2-3-4-5-8-14-11-12-15-9-6-7-10-16(15)13-14/h5-13H,2-4H2,1H3/b8-5+. The van der Waals surface area contributed by atoms with Crippen molar-refractivity contribution in [2.24, 2.45) is 0 Å². The molecule has 0 bridgehead atoms. The molecule has 0 saturated heterocycles. The molecule has 0 heterocycles. The van der Waals surface area contributed by atoms with E-state index in [4.69, 9.17) is 0 Å². The Morgan fingerprint density at radius 3 is 2.62 bits per heavy atom. The topological polar surface area (TPSA) is 0 Å². The molecule has 0 saturated carbocycles. The molecule has 82 valence electrons. The minimum atomic E-state index is 1.18. The molecule has 0 nitrogen and oxygen atoms in total. The van der Waals surface area contributed by atoms with Gasteiger partial charge < -0.3 is 0 Å². The smallest absolute Gasteiger partial charge is 0.0178 e. The van der Waals surface area contributed by atoms with Crippen LogP contribution in [0.4, 0.5) is 0 Å². The highest BCUT2D eigenvalue weighted by atomic mass is 14.0. The van der Waals surface area contributed by atoms with Crippen molar-refractivity contribution in [3.63, 3.8) is 0 Å². The van der Waals surface area contributed by atoms with E-state index in [0.29, 0.717) is 0 Å². The molecule has 0 unspecified atom stereocenters. The van der Waals surface area contributed by atoms with E-state index in [9.17, 15) is 0 Å². The van der Waals surface area contributed by atoms with Crippen molar-refractivity contribution < 1.29 is 0 Å². The van der Waals surface area contributed by atoms with Crippen molar-refractivity contribution in [3.05, 3.63) is 54.1 Å². The van der Waals surface area contributed by atoms with Gasteiger partial charge in [0.05, 0.1) is 0 Å². The van der Waals surface area contributed by atoms with E-state index in [1.54, 1.807) is 0 Å². The van der Waals surface area contributed by atoms with Crippen molar-refractivity contribution in [1.29, 1.82) is 0 Å². The molecule has 0 radical (unpaired) electrons. The number of hydrogen-bond acceptors (Lipinski definition) is 0. The minimum absolute atomic E-state index is 1.18. The number of fused-ring (bicyclic) bond motifs is 1. The molecule has 0 heteroatoms. The van der Waals surface area contributed by atoms with E-state index in [1.807, 2.05) is 0 Å². The van der Waals surface area contributed by atoms with Gasteiger partial charge in [0.1, 0.15) is 0 Å². The third kappa shape index (κ3) is 2.73. The van der Waals surface area contributed by atoms with E-state index in [-0.39, 0.29) is 0 Å². The van der Waals surface area contributed by atoms with Gasteiger partial charge in [-0.3, -0.25) is 0 Å². The molecule has 0 amide bonds. The zero-order valence-corrected chi connectivity index (χ0v) is 9.82. The summed E-state index contributed by atoms with van der Waals surface area (Å²) in [5.41, 5.74) is 1.30. The van der Waals surface area contributed by atoms with Crippen molar-refractivity contribution >= 4 is 16.8 Å². The zero-order chi connectivity index (χ0) is 11.2. The van der Waals surface area contributed by atoms with Crippen LogP contribution in [0, 0.1) is 0 Å². The second kappa shape index (κ2) is 5.50. The Morgan fingerprint density at radius 2 is 1.81 bits per heavy atom. The molecule has 2 aromatic carbocycles. The van der Waals surface area contributed by atoms with Crippen LogP contribution in [0.2, 0.25) is 0 Å². The molecule has 16 heavy (non-hydrogen) atoms. The summed E-state index contributed by atoms with van der Waals surface area (Å²) in [6.45, 7) is 2.23. The van der Waals surface area contributed by atoms with Crippen LogP contribution in [0.3, 0.4) is 0 Å². The van der Waals surface area contributed by atoms with E-state index in [1.165, 1.54) is 35.6 Å². The van der Waals surface area contributed by atoms with Gasteiger partial charge in [-0.25, -0.2) is 0 Å². The first-order chi connectivity index (χ1) is 7.90. The Hall–Kier alpha value is -1.56. The summed E-state index contributed by atoms with van der Waals surface area (Å²) in [5, 5.41) is 2.63. The summed E-state index contributed by atoms with van der Waals surface area (Å²) < 4.78 is 0. The monoisotopic (exact) mass is 210 g/mol. The quantitative estimate of drug-likeness (QED) is 0.620. The maximum absolute atomic E-state index is 2.27. The highest BCUT2D eigenvalue weighted by Crippen LogP contribution is 2.16. The van der Waals surface area contributed by atoms with Gasteiger partial charge in [-0.1, -0.05) is 68.3 Å². The number of hydrogen-bond donors (Lipinski definition) is 0. The maximum atomic E-state index is 2.27. The van der Waals surface area contributed by atoms with Crippen molar-refractivity contribution in [2.75, 3.05) is 0 Å². The van der Waals surface area contributed by atoms with Gasteiger partial charge in [0.2, 0.25) is 0 Å². The minimum Gasteiger partial charge on any atom is -0.0839 e. The van der Waals surface area contributed by atoms with Crippen molar-refractivity contribution in [1.82, 2.24) is 0 Å². The number of unbranched alkanes of at least 4 members (excludes halogenated alkanes) is 2. The predicted molar refractivity (Wildman–Crippen MR) is 72.5 cm³/mol. The SMILES string of the molecule is CCCC/C=C/c1ccc2ccccc2c1. The maximum Gasteiger partial charge on any atom is -0.0178 e. The molecule has 2 rings (SSSR count). The lowest BCUT2D eigenvalue weighted by Crippen LogP contribution is -1.75. The van der Waals surface area contributed by atoms with Crippen LogP contribution in [-0.4, -0.2) is 0 Å². The first kappa shape index (κ1) is 10.9. The molecule has 0 aromatic heterocycles. The lowest BCUT2D eigenvalue weighted by atomic mass is 10.1. The number of benzene rings is 2. The zero-order valence-electron chi connectivity index (χ0n) is 9.82. The Balaban J connectivity index is 2.16. The van der Waals surface area contributed by atoms with Gasteiger partial charge in [-0.2, -0.15) is 0 Å². The van der Waals surface area contributed by atoms with Crippen LogP contribution in [0.15, 0.2) is 48.5 Å². The predicted octanol–water partition coefficient (Wildman–Crippen LogP) is 5.04. The first-order valence-corrected chi connectivity index (χ1v) is 6.05. The van der Waals surface area contributed by atoms with Crippen molar-refractivity contribution in [3.8, 4) is 0 Å².